The summed E-state index contributed by atoms with van der Waals surface area (Å²) in [5, 5.41) is 0.608. The summed E-state index contributed by atoms with van der Waals surface area (Å²) < 4.78 is 19.3. The van der Waals surface area contributed by atoms with Gasteiger partial charge in [-0.2, -0.15) is 0 Å². The molecule has 146 valence electrons. The molecule has 0 N–H and O–H groups in total. The van der Waals surface area contributed by atoms with Crippen LogP contribution in [0.4, 0.5) is 4.39 Å². The minimum Gasteiger partial charge on any atom is -0.455 e. The van der Waals surface area contributed by atoms with Crippen molar-refractivity contribution in [3.63, 3.8) is 0 Å². The van der Waals surface area contributed by atoms with E-state index in [-0.39, 0.29) is 36.9 Å². The SMILES string of the molecule is O=C(COC(=O)C1(c2ccc(Cl)cc2)CC1)N(Cc1ccccc1F)C1CC1. The van der Waals surface area contributed by atoms with E-state index in [4.69, 9.17) is 16.3 Å². The number of hydrogen-bond donors (Lipinski definition) is 0. The number of benzene rings is 2. The van der Waals surface area contributed by atoms with Crippen LogP contribution in [0.2, 0.25) is 5.02 Å². The molecule has 6 heteroatoms. The third kappa shape index (κ3) is 3.90. The summed E-state index contributed by atoms with van der Waals surface area (Å²) in [5.74, 6) is -1.01. The number of nitrogens with zero attached hydrogens (tertiary/aromatic N) is 1. The normalized spacial score (nSPS) is 17.1. The molecule has 1 amide bonds. The first-order valence-corrected chi connectivity index (χ1v) is 9.83. The van der Waals surface area contributed by atoms with E-state index in [9.17, 15) is 14.0 Å². The molecule has 2 aliphatic carbocycles. The van der Waals surface area contributed by atoms with Crippen LogP contribution in [0.5, 0.6) is 0 Å². The molecule has 0 spiro atoms. The predicted molar refractivity (Wildman–Crippen MR) is 103 cm³/mol. The van der Waals surface area contributed by atoms with Crippen LogP contribution in [0.3, 0.4) is 0 Å². The van der Waals surface area contributed by atoms with Crippen molar-refractivity contribution in [2.24, 2.45) is 0 Å². The molecule has 2 aromatic rings. The third-order valence-corrected chi connectivity index (χ3v) is 5.72. The summed E-state index contributed by atoms with van der Waals surface area (Å²) in [5.41, 5.74) is 0.662. The van der Waals surface area contributed by atoms with Gasteiger partial charge in [0.25, 0.3) is 5.91 Å². The fraction of sp³-hybridized carbons (Fsp3) is 0.364. The van der Waals surface area contributed by atoms with Gasteiger partial charge in [0.2, 0.25) is 0 Å². The number of carbonyl (C=O) groups excluding carboxylic acids is 2. The van der Waals surface area contributed by atoms with Gasteiger partial charge >= 0.3 is 5.97 Å². The fourth-order valence-electron chi connectivity index (χ4n) is 3.47. The maximum absolute atomic E-state index is 14.0. The van der Waals surface area contributed by atoms with Gasteiger partial charge in [0, 0.05) is 23.2 Å². The Labute approximate surface area is 168 Å². The molecule has 0 bridgehead atoms. The lowest BCUT2D eigenvalue weighted by atomic mass is 9.96. The van der Waals surface area contributed by atoms with E-state index in [1.807, 2.05) is 12.1 Å². The summed E-state index contributed by atoms with van der Waals surface area (Å²) in [6.07, 6.45) is 3.18. The average Bonchev–Trinajstić information content (AvgIpc) is 3.59. The second-order valence-electron chi connectivity index (χ2n) is 7.51. The first-order valence-electron chi connectivity index (χ1n) is 9.46. The van der Waals surface area contributed by atoms with Crippen molar-refractivity contribution in [2.45, 2.75) is 43.7 Å². The highest BCUT2D eigenvalue weighted by Gasteiger charge is 2.53. The summed E-state index contributed by atoms with van der Waals surface area (Å²) in [6, 6.07) is 13.7. The monoisotopic (exact) mass is 401 g/mol. The highest BCUT2D eigenvalue weighted by atomic mass is 35.5. The van der Waals surface area contributed by atoms with Crippen LogP contribution in [0.25, 0.3) is 0 Å². The Morgan fingerprint density at radius 1 is 1.11 bits per heavy atom. The lowest BCUT2D eigenvalue weighted by Gasteiger charge is -2.23. The second-order valence-corrected chi connectivity index (χ2v) is 7.95. The zero-order chi connectivity index (χ0) is 19.7. The van der Waals surface area contributed by atoms with Gasteiger partial charge in [0.15, 0.2) is 6.61 Å². The Bertz CT molecular complexity index is 891. The van der Waals surface area contributed by atoms with Gasteiger partial charge in [0.05, 0.1) is 5.41 Å². The number of amides is 1. The Hall–Kier alpha value is -2.40. The molecule has 2 aliphatic rings. The number of halogens is 2. The van der Waals surface area contributed by atoms with E-state index in [2.05, 4.69) is 0 Å². The summed E-state index contributed by atoms with van der Waals surface area (Å²) >= 11 is 5.92. The highest BCUT2D eigenvalue weighted by Crippen LogP contribution is 2.49. The molecule has 0 atom stereocenters. The van der Waals surface area contributed by atoms with Crippen LogP contribution >= 0.6 is 11.6 Å². The van der Waals surface area contributed by atoms with E-state index < -0.39 is 5.41 Å². The molecule has 2 fully saturated rings. The van der Waals surface area contributed by atoms with Crippen LogP contribution < -0.4 is 0 Å². The molecular weight excluding hydrogens is 381 g/mol. The first-order chi connectivity index (χ1) is 13.5. The Morgan fingerprint density at radius 3 is 2.39 bits per heavy atom. The number of hydrogen-bond acceptors (Lipinski definition) is 3. The Morgan fingerprint density at radius 2 is 1.79 bits per heavy atom. The van der Waals surface area contributed by atoms with Gasteiger partial charge in [0.1, 0.15) is 5.82 Å². The summed E-state index contributed by atoms with van der Waals surface area (Å²) in [4.78, 5) is 27.0. The molecule has 0 radical (unpaired) electrons. The smallest absolute Gasteiger partial charge is 0.317 e. The lowest BCUT2D eigenvalue weighted by Crippen LogP contribution is -2.37. The number of esters is 1. The minimum absolute atomic E-state index is 0.0944. The standard InChI is InChI=1S/C22H21ClFNO3/c23-17-7-5-16(6-8-17)22(11-12-22)21(27)28-14-20(26)25(18-9-10-18)13-15-3-1-2-4-19(15)24/h1-8,18H,9-14H2. The van der Waals surface area contributed by atoms with Crippen molar-refractivity contribution in [1.29, 1.82) is 0 Å². The van der Waals surface area contributed by atoms with Crippen molar-refractivity contribution in [1.82, 2.24) is 4.90 Å². The van der Waals surface area contributed by atoms with E-state index in [1.165, 1.54) is 6.07 Å². The van der Waals surface area contributed by atoms with Crippen LogP contribution in [-0.2, 0) is 26.3 Å². The highest BCUT2D eigenvalue weighted by molar-refractivity contribution is 6.30. The average molecular weight is 402 g/mol. The van der Waals surface area contributed by atoms with Crippen LogP contribution in [0.15, 0.2) is 48.5 Å². The summed E-state index contributed by atoms with van der Waals surface area (Å²) in [6.45, 7) is -0.130. The van der Waals surface area contributed by atoms with Gasteiger partial charge in [-0.15, -0.1) is 0 Å². The summed E-state index contributed by atoms with van der Waals surface area (Å²) in [7, 11) is 0. The predicted octanol–water partition coefficient (Wildman–Crippen LogP) is 4.25. The molecular formula is C22H21ClFNO3. The van der Waals surface area contributed by atoms with Crippen LogP contribution in [0.1, 0.15) is 36.8 Å². The van der Waals surface area contributed by atoms with E-state index in [0.717, 1.165) is 18.4 Å². The minimum atomic E-state index is -0.666. The molecule has 2 saturated carbocycles. The maximum Gasteiger partial charge on any atom is 0.317 e. The van der Waals surface area contributed by atoms with Gasteiger partial charge < -0.3 is 9.64 Å². The lowest BCUT2D eigenvalue weighted by molar-refractivity contribution is -0.154. The Kier molecular flexibility index (Phi) is 5.11. The van der Waals surface area contributed by atoms with E-state index in [0.29, 0.717) is 23.4 Å². The molecule has 4 rings (SSSR count). The zero-order valence-corrected chi connectivity index (χ0v) is 16.1. The van der Waals surface area contributed by atoms with Crippen LogP contribution in [0, 0.1) is 5.82 Å². The molecule has 0 aliphatic heterocycles. The largest absolute Gasteiger partial charge is 0.455 e. The molecule has 0 heterocycles. The van der Waals surface area contributed by atoms with E-state index >= 15 is 0 Å². The van der Waals surface area contributed by atoms with Crippen LogP contribution in [-0.4, -0.2) is 29.4 Å². The molecule has 2 aromatic carbocycles. The zero-order valence-electron chi connectivity index (χ0n) is 15.4. The van der Waals surface area contributed by atoms with Crippen molar-refractivity contribution in [3.05, 3.63) is 70.5 Å². The van der Waals surface area contributed by atoms with Gasteiger partial charge in [-0.1, -0.05) is 41.9 Å². The number of rotatable bonds is 7. The number of carbonyl (C=O) groups is 2. The fourth-order valence-corrected chi connectivity index (χ4v) is 3.60. The third-order valence-electron chi connectivity index (χ3n) is 5.47. The molecule has 0 unspecified atom stereocenters. The number of ether oxygens (including phenoxy) is 1. The molecule has 0 saturated heterocycles. The van der Waals surface area contributed by atoms with Crippen molar-refractivity contribution < 1.29 is 18.7 Å². The quantitative estimate of drug-likeness (QED) is 0.652. The topological polar surface area (TPSA) is 46.6 Å². The Balaban J connectivity index is 1.39. The molecule has 4 nitrogen and oxygen atoms in total. The van der Waals surface area contributed by atoms with Crippen molar-refractivity contribution >= 4 is 23.5 Å². The van der Waals surface area contributed by atoms with Gasteiger partial charge in [-0.05, 0) is 49.4 Å². The molecule has 28 heavy (non-hydrogen) atoms. The van der Waals surface area contributed by atoms with E-state index in [1.54, 1.807) is 35.2 Å². The maximum atomic E-state index is 14.0. The second kappa shape index (κ2) is 7.55. The first kappa shape index (κ1) is 18.9. The van der Waals surface area contributed by atoms with Gasteiger partial charge in [-0.25, -0.2) is 4.39 Å². The van der Waals surface area contributed by atoms with Crippen molar-refractivity contribution in [2.75, 3.05) is 6.61 Å². The molecule has 0 aromatic heterocycles. The van der Waals surface area contributed by atoms with Gasteiger partial charge in [-0.3, -0.25) is 9.59 Å². The van der Waals surface area contributed by atoms with Crippen molar-refractivity contribution in [3.8, 4) is 0 Å².